The molecule has 1 aromatic heterocycles. The molecular weight excluding hydrogens is 328 g/mol. The van der Waals surface area contributed by atoms with Crippen molar-refractivity contribution >= 4 is 10.0 Å². The van der Waals surface area contributed by atoms with E-state index < -0.39 is 10.0 Å². The van der Waals surface area contributed by atoms with Gasteiger partial charge in [0, 0.05) is 13.1 Å². The standard InChI is InChI=1S/C16H22N4O3S/c1-23-16-5-3-2-4-15(16)20-12-14(11-18-20)24(21,22)19-8-6-13(10-17)7-9-19/h2-5,11-13H,6-10,17H2,1H3. The van der Waals surface area contributed by atoms with Crippen molar-refractivity contribution in [3.8, 4) is 11.4 Å². The van der Waals surface area contributed by atoms with Crippen molar-refractivity contribution in [2.24, 2.45) is 11.7 Å². The maximum Gasteiger partial charge on any atom is 0.246 e. The molecule has 0 spiro atoms. The number of hydrogen-bond acceptors (Lipinski definition) is 5. The largest absolute Gasteiger partial charge is 0.494 e. The van der Waals surface area contributed by atoms with Crippen molar-refractivity contribution in [2.75, 3.05) is 26.7 Å². The van der Waals surface area contributed by atoms with Gasteiger partial charge in [-0.2, -0.15) is 9.40 Å². The molecule has 1 aliphatic heterocycles. The van der Waals surface area contributed by atoms with E-state index in [1.165, 1.54) is 21.4 Å². The molecule has 1 fully saturated rings. The highest BCUT2D eigenvalue weighted by Gasteiger charge is 2.30. The third-order valence-electron chi connectivity index (χ3n) is 4.44. The molecule has 1 saturated heterocycles. The fourth-order valence-electron chi connectivity index (χ4n) is 2.92. The Labute approximate surface area is 142 Å². The monoisotopic (exact) mass is 350 g/mol. The van der Waals surface area contributed by atoms with Crippen molar-refractivity contribution < 1.29 is 13.2 Å². The molecule has 3 rings (SSSR count). The predicted octanol–water partition coefficient (Wildman–Crippen LogP) is 1.24. The van der Waals surface area contributed by atoms with E-state index in [1.54, 1.807) is 7.11 Å². The van der Waals surface area contributed by atoms with Crippen molar-refractivity contribution in [2.45, 2.75) is 17.7 Å². The number of nitrogens with zero attached hydrogens (tertiary/aromatic N) is 3. The molecule has 0 saturated carbocycles. The Balaban J connectivity index is 1.85. The van der Waals surface area contributed by atoms with Crippen LogP contribution in [0.25, 0.3) is 5.69 Å². The summed E-state index contributed by atoms with van der Waals surface area (Å²) in [6.45, 7) is 1.62. The van der Waals surface area contributed by atoms with Gasteiger partial charge in [-0.15, -0.1) is 0 Å². The molecule has 0 amide bonds. The van der Waals surface area contributed by atoms with Crippen molar-refractivity contribution in [3.63, 3.8) is 0 Å². The zero-order chi connectivity index (χ0) is 17.2. The number of methoxy groups -OCH3 is 1. The van der Waals surface area contributed by atoms with Crippen molar-refractivity contribution in [3.05, 3.63) is 36.7 Å². The SMILES string of the molecule is COc1ccccc1-n1cc(S(=O)(=O)N2CCC(CN)CC2)cn1. The fraction of sp³-hybridized carbons (Fsp3) is 0.438. The number of rotatable bonds is 5. The summed E-state index contributed by atoms with van der Waals surface area (Å²) >= 11 is 0. The van der Waals surface area contributed by atoms with Crippen LogP contribution in [0.2, 0.25) is 0 Å². The number of aromatic nitrogens is 2. The topological polar surface area (TPSA) is 90.5 Å². The summed E-state index contributed by atoms with van der Waals surface area (Å²) < 4.78 is 33.9. The van der Waals surface area contributed by atoms with Gasteiger partial charge in [0.25, 0.3) is 0 Å². The molecular formula is C16H22N4O3S. The molecule has 0 radical (unpaired) electrons. The van der Waals surface area contributed by atoms with E-state index in [0.29, 0.717) is 37.0 Å². The third-order valence-corrected chi connectivity index (χ3v) is 6.29. The average Bonchev–Trinajstić information content (AvgIpc) is 3.12. The summed E-state index contributed by atoms with van der Waals surface area (Å²) in [6, 6.07) is 7.34. The van der Waals surface area contributed by atoms with Crippen LogP contribution < -0.4 is 10.5 Å². The second-order valence-corrected chi connectivity index (χ2v) is 7.81. The molecule has 2 N–H and O–H groups in total. The van der Waals surface area contributed by atoms with E-state index in [9.17, 15) is 8.42 Å². The summed E-state index contributed by atoms with van der Waals surface area (Å²) in [5.74, 6) is 1.04. The number of hydrogen-bond donors (Lipinski definition) is 1. The van der Waals surface area contributed by atoms with Crippen LogP contribution in [-0.2, 0) is 10.0 Å². The minimum absolute atomic E-state index is 0.194. The van der Waals surface area contributed by atoms with E-state index in [1.807, 2.05) is 24.3 Å². The Bertz CT molecular complexity index is 795. The van der Waals surface area contributed by atoms with Crippen LogP contribution in [0.1, 0.15) is 12.8 Å². The van der Waals surface area contributed by atoms with E-state index in [2.05, 4.69) is 5.10 Å². The van der Waals surface area contributed by atoms with Crippen molar-refractivity contribution in [1.29, 1.82) is 0 Å². The van der Waals surface area contributed by atoms with Crippen LogP contribution in [0.4, 0.5) is 0 Å². The van der Waals surface area contributed by atoms with Crippen LogP contribution in [0.15, 0.2) is 41.6 Å². The van der Waals surface area contributed by atoms with Gasteiger partial charge in [0.1, 0.15) is 16.3 Å². The highest BCUT2D eigenvalue weighted by Crippen LogP contribution is 2.26. The van der Waals surface area contributed by atoms with Gasteiger partial charge in [-0.05, 0) is 37.4 Å². The van der Waals surface area contributed by atoms with Gasteiger partial charge in [-0.3, -0.25) is 0 Å². The van der Waals surface area contributed by atoms with Gasteiger partial charge in [-0.1, -0.05) is 12.1 Å². The number of ether oxygens (including phenoxy) is 1. The number of sulfonamides is 1. The normalized spacial score (nSPS) is 17.1. The molecule has 7 nitrogen and oxygen atoms in total. The Morgan fingerprint density at radius 1 is 1.29 bits per heavy atom. The molecule has 24 heavy (non-hydrogen) atoms. The molecule has 0 atom stereocenters. The molecule has 2 heterocycles. The smallest absolute Gasteiger partial charge is 0.246 e. The Kier molecular flexibility index (Phi) is 4.88. The van der Waals surface area contributed by atoms with Gasteiger partial charge in [-0.25, -0.2) is 13.1 Å². The summed E-state index contributed by atoms with van der Waals surface area (Å²) in [5, 5.41) is 4.20. The number of piperidine rings is 1. The number of benzene rings is 1. The van der Waals surface area contributed by atoms with E-state index in [4.69, 9.17) is 10.5 Å². The van der Waals surface area contributed by atoms with Gasteiger partial charge >= 0.3 is 0 Å². The first kappa shape index (κ1) is 16.9. The maximum atomic E-state index is 12.8. The molecule has 1 aromatic carbocycles. The maximum absolute atomic E-state index is 12.8. The van der Waals surface area contributed by atoms with Gasteiger partial charge in [0.15, 0.2) is 0 Å². The van der Waals surface area contributed by atoms with Gasteiger partial charge in [0.2, 0.25) is 10.0 Å². The number of nitrogens with two attached hydrogens (primary N) is 1. The molecule has 0 bridgehead atoms. The highest BCUT2D eigenvalue weighted by molar-refractivity contribution is 7.89. The first-order valence-corrected chi connectivity index (χ1v) is 9.38. The van der Waals surface area contributed by atoms with E-state index in [-0.39, 0.29) is 4.90 Å². The van der Waals surface area contributed by atoms with Gasteiger partial charge in [0.05, 0.1) is 19.5 Å². The third kappa shape index (κ3) is 3.17. The lowest BCUT2D eigenvalue weighted by molar-refractivity contribution is 0.278. The summed E-state index contributed by atoms with van der Waals surface area (Å²) in [6.07, 6.45) is 4.52. The molecule has 2 aromatic rings. The van der Waals surface area contributed by atoms with Crippen molar-refractivity contribution in [1.82, 2.24) is 14.1 Å². The molecule has 0 unspecified atom stereocenters. The van der Waals surface area contributed by atoms with E-state index in [0.717, 1.165) is 12.8 Å². The zero-order valence-electron chi connectivity index (χ0n) is 13.6. The summed E-state index contributed by atoms with van der Waals surface area (Å²) in [5.41, 5.74) is 6.37. The van der Waals surface area contributed by atoms with Gasteiger partial charge < -0.3 is 10.5 Å². The van der Waals surface area contributed by atoms with Crippen LogP contribution in [0.3, 0.4) is 0 Å². The fourth-order valence-corrected chi connectivity index (χ4v) is 4.33. The molecule has 130 valence electrons. The highest BCUT2D eigenvalue weighted by atomic mass is 32.2. The minimum Gasteiger partial charge on any atom is -0.494 e. The predicted molar refractivity (Wildman–Crippen MR) is 90.7 cm³/mol. The second kappa shape index (κ2) is 6.92. The van der Waals surface area contributed by atoms with Crippen LogP contribution in [0.5, 0.6) is 5.75 Å². The lowest BCUT2D eigenvalue weighted by atomic mass is 9.99. The molecule has 8 heteroatoms. The number of para-hydroxylation sites is 2. The van der Waals surface area contributed by atoms with Crippen LogP contribution >= 0.6 is 0 Å². The summed E-state index contributed by atoms with van der Waals surface area (Å²) in [7, 11) is -1.96. The first-order valence-electron chi connectivity index (χ1n) is 7.94. The zero-order valence-corrected chi connectivity index (χ0v) is 14.4. The first-order chi connectivity index (χ1) is 11.6. The van der Waals surface area contributed by atoms with Crippen LogP contribution in [-0.4, -0.2) is 49.2 Å². The molecule has 1 aliphatic rings. The minimum atomic E-state index is -3.53. The Hall–Kier alpha value is -1.90. The quantitative estimate of drug-likeness (QED) is 0.876. The Morgan fingerprint density at radius 2 is 2.00 bits per heavy atom. The van der Waals surface area contributed by atoms with E-state index >= 15 is 0 Å². The second-order valence-electron chi connectivity index (χ2n) is 5.88. The van der Waals surface area contributed by atoms with Crippen LogP contribution in [0, 0.1) is 5.92 Å². The lowest BCUT2D eigenvalue weighted by Crippen LogP contribution is -2.39. The molecule has 0 aliphatic carbocycles. The lowest BCUT2D eigenvalue weighted by Gasteiger charge is -2.30. The average molecular weight is 350 g/mol. The summed E-state index contributed by atoms with van der Waals surface area (Å²) in [4.78, 5) is 0.194. The Morgan fingerprint density at radius 3 is 2.67 bits per heavy atom.